The number of nitriles is 1. The summed E-state index contributed by atoms with van der Waals surface area (Å²) in [6.45, 7) is 3.15. The number of hydrogen-bond acceptors (Lipinski definition) is 8. The molecule has 3 N–H and O–H groups in total. The number of aliphatic hydroxyl groups is 1. The number of fused-ring (bicyclic) bond motifs is 1. The van der Waals surface area contributed by atoms with Crippen LogP contribution in [0.2, 0.25) is 0 Å². The fraction of sp³-hybridized carbons (Fsp3) is 0.400. The Balaban J connectivity index is 1.65. The highest BCUT2D eigenvalue weighted by atomic mass is 19.1. The molecule has 1 aliphatic heterocycles. The Hall–Kier alpha value is -4.24. The topological polar surface area (TPSA) is 145 Å². The average Bonchev–Trinajstić information content (AvgIpc) is 3.52. The van der Waals surface area contributed by atoms with Gasteiger partial charge in [0.25, 0.3) is 5.91 Å². The van der Waals surface area contributed by atoms with Gasteiger partial charge >= 0.3 is 6.09 Å². The first-order valence-electron chi connectivity index (χ1n) is 11.7. The summed E-state index contributed by atoms with van der Waals surface area (Å²) in [6.07, 6.45) is 1.38. The maximum Gasteiger partial charge on any atom is 0.409 e. The van der Waals surface area contributed by atoms with Crippen molar-refractivity contribution in [3.05, 3.63) is 47.8 Å². The van der Waals surface area contributed by atoms with Gasteiger partial charge in [-0.3, -0.25) is 9.78 Å². The number of methoxy groups -OCH3 is 1. The third kappa shape index (κ3) is 5.62. The van der Waals surface area contributed by atoms with Crippen LogP contribution < -0.4 is 10.6 Å². The van der Waals surface area contributed by atoms with E-state index < -0.39 is 23.8 Å². The van der Waals surface area contributed by atoms with E-state index in [0.717, 1.165) is 0 Å². The lowest BCUT2D eigenvalue weighted by molar-refractivity contribution is -0.00177. The first kappa shape index (κ1) is 25.8. The van der Waals surface area contributed by atoms with Crippen LogP contribution in [0.1, 0.15) is 36.2 Å². The van der Waals surface area contributed by atoms with Gasteiger partial charge in [-0.05, 0) is 44.5 Å². The van der Waals surface area contributed by atoms with Crippen molar-refractivity contribution in [2.45, 2.75) is 38.1 Å². The summed E-state index contributed by atoms with van der Waals surface area (Å²) >= 11 is 0. The number of rotatable bonds is 7. The van der Waals surface area contributed by atoms with E-state index in [9.17, 15) is 19.1 Å². The Kier molecular flexibility index (Phi) is 7.26. The largest absolute Gasteiger partial charge is 0.453 e. The van der Waals surface area contributed by atoms with Crippen molar-refractivity contribution in [1.29, 1.82) is 5.26 Å². The van der Waals surface area contributed by atoms with E-state index in [4.69, 9.17) is 10.00 Å². The van der Waals surface area contributed by atoms with Gasteiger partial charge in [0, 0.05) is 25.3 Å². The molecule has 2 amide bonds. The van der Waals surface area contributed by atoms with Gasteiger partial charge in [-0.2, -0.15) is 10.4 Å². The monoisotopic (exact) mass is 509 g/mol. The summed E-state index contributed by atoms with van der Waals surface area (Å²) in [4.78, 5) is 30.9. The van der Waals surface area contributed by atoms with Crippen LogP contribution in [0.4, 0.5) is 14.9 Å². The van der Waals surface area contributed by atoms with E-state index in [2.05, 4.69) is 26.8 Å². The summed E-state index contributed by atoms with van der Waals surface area (Å²) in [5.74, 6) is -0.562. The molecule has 2 atom stereocenters. The normalized spacial score (nSPS) is 16.3. The number of hydrogen-bond donors (Lipinski definition) is 3. The van der Waals surface area contributed by atoms with Crippen LogP contribution in [0.25, 0.3) is 16.9 Å². The van der Waals surface area contributed by atoms with Gasteiger partial charge in [-0.1, -0.05) is 0 Å². The molecule has 4 heterocycles. The third-order valence-corrected chi connectivity index (χ3v) is 6.23. The smallest absolute Gasteiger partial charge is 0.409 e. The van der Waals surface area contributed by atoms with Crippen LogP contribution in [0.3, 0.4) is 0 Å². The zero-order valence-electron chi connectivity index (χ0n) is 20.7. The molecule has 0 radical (unpaired) electrons. The average molecular weight is 510 g/mol. The van der Waals surface area contributed by atoms with Gasteiger partial charge in [0.15, 0.2) is 0 Å². The van der Waals surface area contributed by atoms with Crippen LogP contribution >= 0.6 is 0 Å². The first-order chi connectivity index (χ1) is 17.6. The highest BCUT2D eigenvalue weighted by molar-refractivity contribution is 6.00. The number of likely N-dealkylation sites (tertiary alicyclic amines) is 1. The van der Waals surface area contributed by atoms with Gasteiger partial charge in [-0.25, -0.2) is 13.7 Å². The molecular weight excluding hydrogens is 481 g/mol. The van der Waals surface area contributed by atoms with E-state index >= 15 is 0 Å². The van der Waals surface area contributed by atoms with Crippen LogP contribution in [-0.2, 0) is 4.74 Å². The maximum atomic E-state index is 14.2. The van der Waals surface area contributed by atoms with Gasteiger partial charge in [0.2, 0.25) is 0 Å². The number of nitrogens with zero attached hydrogens (tertiary/aromatic N) is 5. The Morgan fingerprint density at radius 1 is 1.35 bits per heavy atom. The molecule has 11 nitrogen and oxygen atoms in total. The van der Waals surface area contributed by atoms with Crippen molar-refractivity contribution in [2.75, 3.05) is 32.1 Å². The molecule has 0 aliphatic carbocycles. The minimum atomic E-state index is -1.67. The van der Waals surface area contributed by atoms with Gasteiger partial charge in [0.1, 0.15) is 12.2 Å². The summed E-state index contributed by atoms with van der Waals surface area (Å²) in [7, 11) is 1.32. The van der Waals surface area contributed by atoms with Gasteiger partial charge in [-0.15, -0.1) is 0 Å². The van der Waals surface area contributed by atoms with Gasteiger partial charge < -0.3 is 25.4 Å². The second-order valence-corrected chi connectivity index (χ2v) is 9.40. The quantitative estimate of drug-likeness (QED) is 0.440. The summed E-state index contributed by atoms with van der Waals surface area (Å²) in [5, 5.41) is 29.1. The van der Waals surface area contributed by atoms with Gasteiger partial charge in [0.05, 0.1) is 59.2 Å². The lowest BCUT2D eigenvalue weighted by Crippen LogP contribution is -2.42. The van der Waals surface area contributed by atoms with E-state index in [0.29, 0.717) is 47.7 Å². The minimum Gasteiger partial charge on any atom is -0.453 e. The predicted octanol–water partition coefficient (Wildman–Crippen LogP) is 2.36. The van der Waals surface area contributed by atoms with Crippen molar-refractivity contribution in [3.8, 4) is 17.5 Å². The molecule has 4 rings (SSSR count). The Bertz CT molecular complexity index is 1360. The van der Waals surface area contributed by atoms with E-state index in [1.807, 2.05) is 6.07 Å². The number of alkyl halides is 1. The minimum absolute atomic E-state index is 0.161. The number of anilines is 1. The Labute approximate surface area is 212 Å². The fourth-order valence-electron chi connectivity index (χ4n) is 4.07. The molecule has 194 valence electrons. The number of pyridine rings is 1. The number of nitrogens with one attached hydrogen (secondary N) is 2. The molecule has 1 unspecified atom stereocenters. The van der Waals surface area contributed by atoms with Crippen LogP contribution in [0, 0.1) is 11.3 Å². The third-order valence-electron chi connectivity index (χ3n) is 6.23. The molecule has 1 saturated heterocycles. The second-order valence-electron chi connectivity index (χ2n) is 9.40. The lowest BCUT2D eigenvalue weighted by atomic mass is 10.0. The van der Waals surface area contributed by atoms with Crippen molar-refractivity contribution >= 4 is 23.2 Å². The second kappa shape index (κ2) is 10.4. The zero-order chi connectivity index (χ0) is 26.7. The highest BCUT2D eigenvalue weighted by Gasteiger charge is 2.29. The molecule has 3 aromatic heterocycles. The molecule has 3 aromatic rings. The predicted molar refractivity (Wildman–Crippen MR) is 133 cm³/mol. The lowest BCUT2D eigenvalue weighted by Gasteiger charge is -2.23. The number of amides is 2. The maximum absolute atomic E-state index is 14.2. The number of carbonyl (C=O) groups excluding carboxylic acids is 2. The van der Waals surface area contributed by atoms with E-state index in [-0.39, 0.29) is 18.2 Å². The Morgan fingerprint density at radius 3 is 2.84 bits per heavy atom. The fourth-order valence-corrected chi connectivity index (χ4v) is 4.07. The van der Waals surface area contributed by atoms with Crippen LogP contribution in [0.5, 0.6) is 0 Å². The molecule has 0 aromatic carbocycles. The molecule has 0 spiro atoms. The molecule has 0 saturated carbocycles. The Morgan fingerprint density at radius 2 is 2.14 bits per heavy atom. The first-order valence-corrected chi connectivity index (χ1v) is 11.7. The molecule has 37 heavy (non-hydrogen) atoms. The zero-order valence-corrected chi connectivity index (χ0v) is 20.7. The highest BCUT2D eigenvalue weighted by Crippen LogP contribution is 2.27. The summed E-state index contributed by atoms with van der Waals surface area (Å²) < 4.78 is 20.7. The summed E-state index contributed by atoms with van der Waals surface area (Å²) in [5.41, 5.74) is 1.31. The molecular formula is C25H28FN7O4. The van der Waals surface area contributed by atoms with Crippen molar-refractivity contribution in [1.82, 2.24) is 24.8 Å². The number of carbonyl (C=O) groups is 2. The van der Waals surface area contributed by atoms with Crippen molar-refractivity contribution < 1.29 is 23.8 Å². The number of halogens is 1. The van der Waals surface area contributed by atoms with Crippen LogP contribution in [-0.4, -0.2) is 81.2 Å². The van der Waals surface area contributed by atoms with E-state index in [1.54, 1.807) is 27.6 Å². The SMILES string of the molecule is COC(=O)N1CC[C@@H](Nc2cc(-c3ccc4cc(C#N)cnn34)ncc2C(=O)NCC(F)C(C)(C)O)C1. The van der Waals surface area contributed by atoms with Crippen LogP contribution in [0.15, 0.2) is 36.7 Å². The molecule has 12 heteroatoms. The molecule has 0 bridgehead atoms. The number of ether oxygens (including phenoxy) is 1. The van der Waals surface area contributed by atoms with E-state index in [1.165, 1.54) is 33.4 Å². The summed E-state index contributed by atoms with van der Waals surface area (Å²) in [6, 6.07) is 8.91. The van der Waals surface area contributed by atoms with Crippen molar-refractivity contribution in [3.63, 3.8) is 0 Å². The molecule has 1 aliphatic rings. The van der Waals surface area contributed by atoms with Crippen molar-refractivity contribution in [2.24, 2.45) is 0 Å². The standard InChI is InChI=1S/C25H28FN7O4/c1-25(2,36)22(26)13-29-23(34)18-12-28-20(21-5-4-17-8-15(10-27)11-30-33(17)21)9-19(18)31-16-6-7-32(14-16)24(35)37-3/h4-5,8-9,11-12,16,22,36H,6-7,13-14H2,1-3H3,(H,28,31)(H,29,34)/t16-,22?/m1/s1. The number of aromatic nitrogens is 3. The molecule has 1 fully saturated rings.